The molecule has 0 N–H and O–H groups in total. The maximum Gasteiger partial charge on any atom is 0.269 e. The first-order valence-corrected chi connectivity index (χ1v) is 10.5. The average molecular weight is 468 g/mol. The van der Waals surface area contributed by atoms with Gasteiger partial charge < -0.3 is 4.74 Å². The van der Waals surface area contributed by atoms with E-state index in [9.17, 15) is 26.4 Å². The van der Waals surface area contributed by atoms with Crippen LogP contribution < -0.4 is 4.31 Å². The van der Waals surface area contributed by atoms with Crippen LogP contribution in [0.2, 0.25) is 0 Å². The van der Waals surface area contributed by atoms with E-state index >= 15 is 4.39 Å². The Hall–Kier alpha value is -3.31. The number of aromatic nitrogens is 1. The van der Waals surface area contributed by atoms with Crippen LogP contribution in [0.3, 0.4) is 0 Å². The summed E-state index contributed by atoms with van der Waals surface area (Å²) in [5.41, 5.74) is -0.853. The van der Waals surface area contributed by atoms with Gasteiger partial charge in [-0.1, -0.05) is 6.07 Å². The molecule has 0 aliphatic carbocycles. The van der Waals surface area contributed by atoms with Gasteiger partial charge in [0.1, 0.15) is 23.3 Å². The summed E-state index contributed by atoms with van der Waals surface area (Å²) in [6.07, 6.45) is 0.764. The molecular weight excluding hydrogens is 452 g/mol. The zero-order chi connectivity index (χ0) is 23.5. The number of halogens is 4. The fourth-order valence-electron chi connectivity index (χ4n) is 2.94. The van der Waals surface area contributed by atoms with Crippen molar-refractivity contribution in [1.29, 1.82) is 0 Å². The van der Waals surface area contributed by atoms with E-state index in [0.29, 0.717) is 16.4 Å². The van der Waals surface area contributed by atoms with Gasteiger partial charge in [-0.2, -0.15) is 4.39 Å². The molecule has 0 spiro atoms. The second-order valence-electron chi connectivity index (χ2n) is 6.57. The van der Waals surface area contributed by atoms with Crippen molar-refractivity contribution >= 4 is 21.5 Å². The molecule has 11 heteroatoms. The third kappa shape index (κ3) is 4.78. The summed E-state index contributed by atoms with van der Waals surface area (Å²) in [5, 5.41) is 0. The van der Waals surface area contributed by atoms with E-state index in [4.69, 9.17) is 4.74 Å². The molecule has 1 heterocycles. The van der Waals surface area contributed by atoms with Crippen molar-refractivity contribution < 1.29 is 35.5 Å². The molecule has 0 amide bonds. The molecule has 0 saturated carbocycles. The first-order valence-electron chi connectivity index (χ1n) is 9.04. The van der Waals surface area contributed by atoms with Gasteiger partial charge in [-0.25, -0.2) is 30.9 Å². The van der Waals surface area contributed by atoms with Gasteiger partial charge in [0.2, 0.25) is 5.95 Å². The van der Waals surface area contributed by atoms with Crippen LogP contribution >= 0.6 is 0 Å². The number of anilines is 1. The topological polar surface area (TPSA) is 76.6 Å². The van der Waals surface area contributed by atoms with Crippen LogP contribution in [0.25, 0.3) is 0 Å². The number of hydrogen-bond acceptors (Lipinski definition) is 5. The summed E-state index contributed by atoms with van der Waals surface area (Å²) in [6.45, 7) is -0.748. The molecule has 168 valence electrons. The van der Waals surface area contributed by atoms with Crippen LogP contribution in [0.1, 0.15) is 15.9 Å². The summed E-state index contributed by atoms with van der Waals surface area (Å²) >= 11 is 0. The minimum absolute atomic E-state index is 0.232. The van der Waals surface area contributed by atoms with Gasteiger partial charge in [0.25, 0.3) is 10.0 Å². The number of Topliss-reactive ketones (excluding diaryl/α,β-unsaturated/α-hetero) is 1. The third-order valence-corrected chi connectivity index (χ3v) is 6.16. The highest BCUT2D eigenvalue weighted by Crippen LogP contribution is 2.30. The molecule has 0 bridgehead atoms. The van der Waals surface area contributed by atoms with Crippen molar-refractivity contribution in [2.75, 3.05) is 18.1 Å². The van der Waals surface area contributed by atoms with Gasteiger partial charge in [0.15, 0.2) is 11.6 Å². The Morgan fingerprint density at radius 3 is 2.50 bits per heavy atom. The van der Waals surface area contributed by atoms with E-state index in [2.05, 4.69) is 4.98 Å². The Labute approximate surface area is 181 Å². The lowest BCUT2D eigenvalue weighted by Crippen LogP contribution is -2.34. The fourth-order valence-corrected chi connectivity index (χ4v) is 4.40. The van der Waals surface area contributed by atoms with E-state index in [1.807, 2.05) is 0 Å². The Balaban J connectivity index is 2.04. The van der Waals surface area contributed by atoms with Crippen molar-refractivity contribution in [1.82, 2.24) is 4.98 Å². The van der Waals surface area contributed by atoms with Gasteiger partial charge in [-0.3, -0.25) is 4.79 Å². The molecule has 0 unspecified atom stereocenters. The number of ketones is 1. The van der Waals surface area contributed by atoms with Crippen LogP contribution in [0.4, 0.5) is 23.2 Å². The van der Waals surface area contributed by atoms with E-state index < -0.39 is 62.1 Å². The Kier molecular flexibility index (Phi) is 6.90. The number of carbonyl (C=O) groups is 1. The van der Waals surface area contributed by atoms with Gasteiger partial charge in [0.05, 0.1) is 11.3 Å². The Morgan fingerprint density at radius 2 is 1.81 bits per heavy atom. The molecule has 32 heavy (non-hydrogen) atoms. The first-order chi connectivity index (χ1) is 15.1. The van der Waals surface area contributed by atoms with Gasteiger partial charge in [-0.15, -0.1) is 0 Å². The lowest BCUT2D eigenvalue weighted by atomic mass is 10.0. The van der Waals surface area contributed by atoms with Gasteiger partial charge >= 0.3 is 0 Å². The molecule has 1 aromatic heterocycles. The number of benzene rings is 2. The third-order valence-electron chi connectivity index (χ3n) is 4.41. The fraction of sp³-hybridized carbons (Fsp3) is 0.143. The van der Waals surface area contributed by atoms with E-state index in [1.54, 1.807) is 0 Å². The predicted octanol–water partition coefficient (Wildman–Crippen LogP) is 3.86. The zero-order valence-corrected chi connectivity index (χ0v) is 17.4. The van der Waals surface area contributed by atoms with Gasteiger partial charge in [-0.05, 0) is 48.0 Å². The molecule has 0 atom stereocenters. The van der Waals surface area contributed by atoms with E-state index in [1.165, 1.54) is 12.1 Å². The summed E-state index contributed by atoms with van der Waals surface area (Å²) in [4.78, 5) is 14.9. The van der Waals surface area contributed by atoms with Crippen molar-refractivity contribution in [3.63, 3.8) is 0 Å². The minimum Gasteiger partial charge on any atom is -0.363 e. The molecule has 0 fully saturated rings. The summed E-state index contributed by atoms with van der Waals surface area (Å²) in [5.74, 6) is -5.07. The van der Waals surface area contributed by atoms with Crippen LogP contribution in [-0.2, 0) is 21.2 Å². The number of methoxy groups -OCH3 is 1. The quantitative estimate of drug-likeness (QED) is 0.217. The molecule has 0 radical (unpaired) electrons. The van der Waals surface area contributed by atoms with Crippen LogP contribution in [0.5, 0.6) is 0 Å². The second-order valence-corrected chi connectivity index (χ2v) is 8.40. The Bertz CT molecular complexity index is 1270. The highest BCUT2D eigenvalue weighted by atomic mass is 32.2. The molecule has 3 rings (SSSR count). The number of hydrogen-bond donors (Lipinski definition) is 0. The minimum atomic E-state index is -4.81. The number of ether oxygens (including phenoxy) is 1. The first kappa shape index (κ1) is 23.4. The SMILES string of the molecule is COCN(c1cccc(C(=O)Cc2ccnc(F)c2)c1F)S(=O)(=O)c1cc(F)ccc1F. The smallest absolute Gasteiger partial charge is 0.269 e. The summed E-state index contributed by atoms with van der Waals surface area (Å²) < 4.78 is 87.5. The lowest BCUT2D eigenvalue weighted by molar-refractivity contribution is 0.0989. The standard InChI is InChI=1S/C21H16F4N2O4S/c1-31-12-27(32(29,30)19-11-14(22)5-6-16(19)23)17-4-2-3-15(21(17)25)18(28)9-13-7-8-26-20(24)10-13/h2-8,10-11H,9,12H2,1H3. The molecular formula is C21H16F4N2O4S. The van der Waals surface area contributed by atoms with Crippen molar-refractivity contribution in [2.45, 2.75) is 11.3 Å². The average Bonchev–Trinajstić information content (AvgIpc) is 2.74. The highest BCUT2D eigenvalue weighted by molar-refractivity contribution is 7.92. The normalized spacial score (nSPS) is 11.4. The van der Waals surface area contributed by atoms with Crippen LogP contribution in [0, 0.1) is 23.4 Å². The molecule has 0 aliphatic rings. The molecule has 0 aliphatic heterocycles. The summed E-state index contributed by atoms with van der Waals surface area (Å²) in [6, 6.07) is 7.58. The number of nitrogens with zero attached hydrogens (tertiary/aromatic N) is 2. The number of sulfonamides is 1. The van der Waals surface area contributed by atoms with E-state index in [0.717, 1.165) is 37.6 Å². The number of carbonyl (C=O) groups excluding carboxylic acids is 1. The number of pyridine rings is 1. The number of rotatable bonds is 8. The predicted molar refractivity (Wildman–Crippen MR) is 107 cm³/mol. The highest BCUT2D eigenvalue weighted by Gasteiger charge is 2.31. The van der Waals surface area contributed by atoms with Crippen LogP contribution in [-0.4, -0.2) is 33.0 Å². The van der Waals surface area contributed by atoms with Gasteiger partial charge in [0, 0.05) is 19.7 Å². The molecule has 0 saturated heterocycles. The van der Waals surface area contributed by atoms with Crippen molar-refractivity contribution in [3.05, 3.63) is 89.3 Å². The van der Waals surface area contributed by atoms with E-state index in [-0.39, 0.29) is 12.0 Å². The lowest BCUT2D eigenvalue weighted by Gasteiger charge is -2.24. The van der Waals surface area contributed by atoms with Crippen molar-refractivity contribution in [3.8, 4) is 0 Å². The second kappa shape index (κ2) is 9.45. The van der Waals surface area contributed by atoms with Crippen LogP contribution in [0.15, 0.2) is 59.6 Å². The maximum absolute atomic E-state index is 15.3. The van der Waals surface area contributed by atoms with Crippen molar-refractivity contribution in [2.24, 2.45) is 0 Å². The maximum atomic E-state index is 15.3. The molecule has 2 aromatic carbocycles. The Morgan fingerprint density at radius 1 is 1.06 bits per heavy atom. The summed E-state index contributed by atoms with van der Waals surface area (Å²) in [7, 11) is -3.69. The molecule has 6 nitrogen and oxygen atoms in total. The largest absolute Gasteiger partial charge is 0.363 e. The molecule has 3 aromatic rings. The monoisotopic (exact) mass is 468 g/mol. The zero-order valence-electron chi connectivity index (χ0n) is 16.6.